The lowest BCUT2D eigenvalue weighted by atomic mass is 10.1. The zero-order valence-corrected chi connectivity index (χ0v) is 14.9. The summed E-state index contributed by atoms with van der Waals surface area (Å²) in [5.41, 5.74) is 2.41. The molecule has 0 radical (unpaired) electrons. The Labute approximate surface area is 156 Å². The molecule has 3 heterocycles. The number of aromatic nitrogens is 1. The van der Waals surface area contributed by atoms with Crippen LogP contribution in [0.1, 0.15) is 12.3 Å². The van der Waals surface area contributed by atoms with Crippen molar-refractivity contribution in [2.75, 3.05) is 26.3 Å². The standard InChI is InChI=1S/C21H19N3O3/c25-16-11-15(22-19(13-16)24-7-9-26-10-8-24)12-20-23-18-6-5-14-3-1-2-4-17(14)21(18)27-20/h1-6,13H,7-12H2. The minimum atomic E-state index is 0.0723. The van der Waals surface area contributed by atoms with Gasteiger partial charge in [0.05, 0.1) is 19.6 Å². The first-order chi connectivity index (χ1) is 13.3. The molecule has 1 aromatic heterocycles. The number of morpholine rings is 1. The Morgan fingerprint density at radius 3 is 2.81 bits per heavy atom. The fourth-order valence-corrected chi connectivity index (χ4v) is 3.64. The summed E-state index contributed by atoms with van der Waals surface area (Å²) in [5.74, 6) is 1.39. The number of carbonyl (C=O) groups is 1. The van der Waals surface area contributed by atoms with Crippen molar-refractivity contribution in [3.8, 4) is 0 Å². The molecular formula is C21H19N3O3. The van der Waals surface area contributed by atoms with Crippen molar-refractivity contribution in [2.24, 2.45) is 4.99 Å². The summed E-state index contributed by atoms with van der Waals surface area (Å²) in [6, 6.07) is 12.1. The highest BCUT2D eigenvalue weighted by Gasteiger charge is 2.21. The molecule has 3 aromatic rings. The number of carbonyl (C=O) groups excluding carboxylic acids is 1. The minimum absolute atomic E-state index is 0.0723. The SMILES string of the molecule is O=C1C=C(N2CCOCC2)N=C(Cc2nc3ccc4ccccc4c3o2)C1. The van der Waals surface area contributed by atoms with Crippen molar-refractivity contribution in [1.82, 2.24) is 9.88 Å². The van der Waals surface area contributed by atoms with Crippen molar-refractivity contribution >= 4 is 33.4 Å². The summed E-state index contributed by atoms with van der Waals surface area (Å²) < 4.78 is 11.4. The highest BCUT2D eigenvalue weighted by Crippen LogP contribution is 2.26. The van der Waals surface area contributed by atoms with Crippen molar-refractivity contribution in [2.45, 2.75) is 12.8 Å². The highest BCUT2D eigenvalue weighted by molar-refractivity contribution is 6.10. The van der Waals surface area contributed by atoms with Gasteiger partial charge < -0.3 is 14.1 Å². The van der Waals surface area contributed by atoms with Crippen LogP contribution in [-0.2, 0) is 16.0 Å². The lowest BCUT2D eigenvalue weighted by Gasteiger charge is -2.30. The lowest BCUT2D eigenvalue weighted by Crippen LogP contribution is -2.36. The fraction of sp³-hybridized carbons (Fsp3) is 0.286. The summed E-state index contributed by atoms with van der Waals surface area (Å²) in [6.07, 6.45) is 2.39. The molecule has 6 nitrogen and oxygen atoms in total. The molecule has 1 fully saturated rings. The summed E-state index contributed by atoms with van der Waals surface area (Å²) in [4.78, 5) is 23.6. The highest BCUT2D eigenvalue weighted by atomic mass is 16.5. The molecule has 2 aliphatic rings. The summed E-state index contributed by atoms with van der Waals surface area (Å²) in [6.45, 7) is 2.83. The Morgan fingerprint density at radius 2 is 1.93 bits per heavy atom. The first kappa shape index (κ1) is 16.2. The van der Waals surface area contributed by atoms with Crippen LogP contribution in [0.2, 0.25) is 0 Å². The van der Waals surface area contributed by atoms with Gasteiger partial charge in [-0.25, -0.2) is 9.98 Å². The number of oxazole rings is 1. The van der Waals surface area contributed by atoms with Crippen LogP contribution >= 0.6 is 0 Å². The summed E-state index contributed by atoms with van der Waals surface area (Å²) >= 11 is 0. The number of aliphatic imine (C=N–C) groups is 1. The van der Waals surface area contributed by atoms with E-state index < -0.39 is 0 Å². The van der Waals surface area contributed by atoms with Gasteiger partial charge in [0.25, 0.3) is 0 Å². The van der Waals surface area contributed by atoms with Gasteiger partial charge in [-0.3, -0.25) is 4.79 Å². The van der Waals surface area contributed by atoms with Crippen LogP contribution in [0.4, 0.5) is 0 Å². The van der Waals surface area contributed by atoms with E-state index in [-0.39, 0.29) is 5.78 Å². The maximum atomic E-state index is 12.2. The van der Waals surface area contributed by atoms with E-state index >= 15 is 0 Å². The van der Waals surface area contributed by atoms with E-state index in [1.807, 2.05) is 30.3 Å². The van der Waals surface area contributed by atoms with E-state index in [9.17, 15) is 4.79 Å². The molecule has 0 bridgehead atoms. The van der Waals surface area contributed by atoms with Crippen LogP contribution in [0.5, 0.6) is 0 Å². The van der Waals surface area contributed by atoms with Gasteiger partial charge in [0.15, 0.2) is 11.4 Å². The van der Waals surface area contributed by atoms with Gasteiger partial charge in [-0.05, 0) is 11.5 Å². The van der Waals surface area contributed by atoms with Crippen LogP contribution in [-0.4, -0.2) is 47.7 Å². The van der Waals surface area contributed by atoms with Gasteiger partial charge in [0.2, 0.25) is 5.89 Å². The van der Waals surface area contributed by atoms with Gasteiger partial charge in [-0.1, -0.05) is 30.3 Å². The Kier molecular flexibility index (Phi) is 3.98. The monoisotopic (exact) mass is 361 g/mol. The van der Waals surface area contributed by atoms with Gasteiger partial charge in [0.1, 0.15) is 11.3 Å². The van der Waals surface area contributed by atoms with Crippen LogP contribution < -0.4 is 0 Å². The molecule has 2 aromatic carbocycles. The predicted molar refractivity (Wildman–Crippen MR) is 103 cm³/mol. The number of hydrogen-bond acceptors (Lipinski definition) is 6. The Hall–Kier alpha value is -2.99. The molecule has 0 aliphatic carbocycles. The lowest BCUT2D eigenvalue weighted by molar-refractivity contribution is -0.113. The van der Waals surface area contributed by atoms with Crippen LogP contribution in [0.15, 0.2) is 57.7 Å². The van der Waals surface area contributed by atoms with Gasteiger partial charge in [0, 0.05) is 36.7 Å². The molecule has 0 amide bonds. The molecule has 5 rings (SSSR count). The molecule has 6 heteroatoms. The summed E-state index contributed by atoms with van der Waals surface area (Å²) in [7, 11) is 0. The fourth-order valence-electron chi connectivity index (χ4n) is 3.64. The van der Waals surface area contributed by atoms with Crippen LogP contribution in [0.25, 0.3) is 21.9 Å². The summed E-state index contributed by atoms with van der Waals surface area (Å²) in [5, 5.41) is 2.17. The van der Waals surface area contributed by atoms with Crippen molar-refractivity contribution in [3.05, 3.63) is 54.2 Å². The van der Waals surface area contributed by atoms with Crippen molar-refractivity contribution < 1.29 is 13.9 Å². The maximum Gasteiger partial charge on any atom is 0.201 e. The van der Waals surface area contributed by atoms with Gasteiger partial charge in [-0.2, -0.15) is 0 Å². The van der Waals surface area contributed by atoms with E-state index in [0.29, 0.717) is 31.9 Å². The first-order valence-electron chi connectivity index (χ1n) is 9.17. The number of hydrogen-bond donors (Lipinski definition) is 0. The number of nitrogens with zero attached hydrogens (tertiary/aromatic N) is 3. The molecule has 27 heavy (non-hydrogen) atoms. The second-order valence-electron chi connectivity index (χ2n) is 6.84. The van der Waals surface area contributed by atoms with E-state index in [0.717, 1.165) is 46.5 Å². The third-order valence-electron chi connectivity index (χ3n) is 4.96. The van der Waals surface area contributed by atoms with E-state index in [4.69, 9.17) is 14.1 Å². The average Bonchev–Trinajstić information content (AvgIpc) is 3.11. The molecule has 0 saturated carbocycles. The molecule has 0 N–H and O–H groups in total. The number of allylic oxidation sites excluding steroid dienone is 1. The van der Waals surface area contributed by atoms with Gasteiger partial charge in [-0.15, -0.1) is 0 Å². The number of ketones is 1. The number of benzene rings is 2. The van der Waals surface area contributed by atoms with E-state index in [2.05, 4.69) is 16.0 Å². The minimum Gasteiger partial charge on any atom is -0.440 e. The van der Waals surface area contributed by atoms with Crippen molar-refractivity contribution in [1.29, 1.82) is 0 Å². The maximum absolute atomic E-state index is 12.2. The normalized spacial score (nSPS) is 18.1. The van der Waals surface area contributed by atoms with Crippen LogP contribution in [0.3, 0.4) is 0 Å². The average molecular weight is 361 g/mol. The largest absolute Gasteiger partial charge is 0.440 e. The Bertz CT molecular complexity index is 1090. The molecular weight excluding hydrogens is 342 g/mol. The third-order valence-corrected chi connectivity index (χ3v) is 4.96. The third kappa shape index (κ3) is 3.13. The van der Waals surface area contributed by atoms with Crippen LogP contribution in [0, 0.1) is 0 Å². The second-order valence-corrected chi connectivity index (χ2v) is 6.84. The number of fused-ring (bicyclic) bond motifs is 3. The van der Waals surface area contributed by atoms with Crippen molar-refractivity contribution in [3.63, 3.8) is 0 Å². The first-order valence-corrected chi connectivity index (χ1v) is 9.17. The number of ether oxygens (including phenoxy) is 1. The zero-order chi connectivity index (χ0) is 18.2. The molecule has 2 aliphatic heterocycles. The topological polar surface area (TPSA) is 67.9 Å². The predicted octanol–water partition coefficient (Wildman–Crippen LogP) is 3.11. The molecule has 1 saturated heterocycles. The van der Waals surface area contributed by atoms with E-state index in [1.165, 1.54) is 0 Å². The Balaban J connectivity index is 1.45. The molecule has 0 unspecified atom stereocenters. The molecule has 0 spiro atoms. The van der Waals surface area contributed by atoms with Gasteiger partial charge >= 0.3 is 0 Å². The molecule has 0 atom stereocenters. The smallest absolute Gasteiger partial charge is 0.201 e. The quantitative estimate of drug-likeness (QED) is 0.717. The van der Waals surface area contributed by atoms with E-state index in [1.54, 1.807) is 6.08 Å². The second kappa shape index (κ2) is 6.63. The molecule has 136 valence electrons. The Morgan fingerprint density at radius 1 is 1.07 bits per heavy atom. The zero-order valence-electron chi connectivity index (χ0n) is 14.9. The number of rotatable bonds is 3.